The summed E-state index contributed by atoms with van der Waals surface area (Å²) in [6, 6.07) is 8.26. The molecule has 0 atom stereocenters. The minimum absolute atomic E-state index is 0.0483. The molecular weight excluding hydrogens is 236 g/mol. The highest BCUT2D eigenvalue weighted by atomic mass is 16.1. The minimum atomic E-state index is -0.300. The molecule has 0 saturated heterocycles. The van der Waals surface area contributed by atoms with Gasteiger partial charge in [0.1, 0.15) is 0 Å². The summed E-state index contributed by atoms with van der Waals surface area (Å²) in [5.74, 6) is 0. The molecule has 0 aliphatic carbocycles. The van der Waals surface area contributed by atoms with Gasteiger partial charge in [-0.3, -0.25) is 4.79 Å². The van der Waals surface area contributed by atoms with Crippen LogP contribution in [0.4, 0.5) is 0 Å². The van der Waals surface area contributed by atoms with Crippen molar-refractivity contribution in [2.45, 2.75) is 32.6 Å². The number of aromatic nitrogens is 1. The lowest BCUT2D eigenvalue weighted by Crippen LogP contribution is -2.36. The van der Waals surface area contributed by atoms with Crippen LogP contribution < -0.4 is 11.3 Å². The van der Waals surface area contributed by atoms with Gasteiger partial charge in [-0.15, -0.1) is 0 Å². The van der Waals surface area contributed by atoms with Crippen LogP contribution in [0.2, 0.25) is 0 Å². The van der Waals surface area contributed by atoms with Crippen molar-refractivity contribution in [3.05, 3.63) is 45.7 Å². The second-order valence-electron chi connectivity index (χ2n) is 5.76. The minimum Gasteiger partial charge on any atom is -0.330 e. The standard InChI is InChI=1S/C16H22N2O/c1-5-11-6-7-14-12(8-11)9-13(15(19)18(14)4)16(2,3)10-17/h6-9H,5,10,17H2,1-4H3. The van der Waals surface area contributed by atoms with Gasteiger partial charge >= 0.3 is 0 Å². The summed E-state index contributed by atoms with van der Waals surface area (Å²) < 4.78 is 1.72. The van der Waals surface area contributed by atoms with Crippen LogP contribution in [0.15, 0.2) is 29.1 Å². The molecule has 102 valence electrons. The molecule has 1 aromatic heterocycles. The van der Waals surface area contributed by atoms with Crippen molar-refractivity contribution in [3.63, 3.8) is 0 Å². The number of pyridine rings is 1. The zero-order valence-corrected chi connectivity index (χ0v) is 12.2. The van der Waals surface area contributed by atoms with Gasteiger partial charge in [-0.1, -0.05) is 26.8 Å². The van der Waals surface area contributed by atoms with Crippen molar-refractivity contribution in [3.8, 4) is 0 Å². The Morgan fingerprint density at radius 3 is 2.53 bits per heavy atom. The summed E-state index contributed by atoms with van der Waals surface area (Å²) in [7, 11) is 1.83. The van der Waals surface area contributed by atoms with Gasteiger partial charge in [-0.2, -0.15) is 0 Å². The van der Waals surface area contributed by atoms with E-state index in [-0.39, 0.29) is 11.0 Å². The van der Waals surface area contributed by atoms with Crippen molar-refractivity contribution in [1.29, 1.82) is 0 Å². The highest BCUT2D eigenvalue weighted by molar-refractivity contribution is 5.80. The largest absolute Gasteiger partial charge is 0.330 e. The van der Waals surface area contributed by atoms with Gasteiger partial charge in [-0.25, -0.2) is 0 Å². The lowest BCUT2D eigenvalue weighted by atomic mass is 9.85. The maximum Gasteiger partial charge on any atom is 0.254 e. The summed E-state index contributed by atoms with van der Waals surface area (Å²) in [5.41, 5.74) is 8.60. The molecule has 1 heterocycles. The second kappa shape index (κ2) is 4.82. The molecule has 1 aromatic carbocycles. The third-order valence-corrected chi connectivity index (χ3v) is 3.94. The van der Waals surface area contributed by atoms with Gasteiger partial charge in [0.25, 0.3) is 5.56 Å². The zero-order valence-electron chi connectivity index (χ0n) is 12.2. The number of hydrogen-bond donors (Lipinski definition) is 1. The molecule has 2 N–H and O–H groups in total. The Balaban J connectivity index is 2.81. The Bertz CT molecular complexity index is 668. The molecule has 19 heavy (non-hydrogen) atoms. The number of aryl methyl sites for hydroxylation is 2. The van der Waals surface area contributed by atoms with Gasteiger partial charge in [0.2, 0.25) is 0 Å². The highest BCUT2D eigenvalue weighted by Crippen LogP contribution is 2.23. The fourth-order valence-corrected chi connectivity index (χ4v) is 2.35. The molecule has 0 radical (unpaired) electrons. The lowest BCUT2D eigenvalue weighted by molar-refractivity contribution is 0.529. The van der Waals surface area contributed by atoms with Crippen molar-refractivity contribution in [2.24, 2.45) is 12.8 Å². The first kappa shape index (κ1) is 13.8. The normalized spacial score (nSPS) is 12.1. The Kier molecular flexibility index (Phi) is 3.50. The number of nitrogens with zero attached hydrogens (tertiary/aromatic N) is 1. The quantitative estimate of drug-likeness (QED) is 0.918. The van der Waals surface area contributed by atoms with Crippen LogP contribution in [0.25, 0.3) is 10.9 Å². The van der Waals surface area contributed by atoms with Gasteiger partial charge in [0.05, 0.1) is 5.52 Å². The average Bonchev–Trinajstić information content (AvgIpc) is 2.42. The van der Waals surface area contributed by atoms with E-state index in [4.69, 9.17) is 5.73 Å². The van der Waals surface area contributed by atoms with E-state index in [0.29, 0.717) is 6.54 Å². The van der Waals surface area contributed by atoms with Crippen molar-refractivity contribution < 1.29 is 0 Å². The van der Waals surface area contributed by atoms with Crippen molar-refractivity contribution in [2.75, 3.05) is 6.54 Å². The van der Waals surface area contributed by atoms with E-state index in [9.17, 15) is 4.79 Å². The summed E-state index contributed by atoms with van der Waals surface area (Å²) in [6.45, 7) is 6.62. The summed E-state index contributed by atoms with van der Waals surface area (Å²) in [6.07, 6.45) is 0.994. The number of hydrogen-bond acceptors (Lipinski definition) is 2. The van der Waals surface area contributed by atoms with Gasteiger partial charge in [-0.05, 0) is 35.6 Å². The molecule has 0 amide bonds. The van der Waals surface area contributed by atoms with Gasteiger partial charge in [0.15, 0.2) is 0 Å². The smallest absolute Gasteiger partial charge is 0.254 e. The van der Waals surface area contributed by atoms with E-state index in [0.717, 1.165) is 22.9 Å². The van der Waals surface area contributed by atoms with Crippen LogP contribution in [0, 0.1) is 0 Å². The predicted molar refractivity (Wildman–Crippen MR) is 80.6 cm³/mol. The molecule has 0 saturated carbocycles. The van der Waals surface area contributed by atoms with Gasteiger partial charge in [0, 0.05) is 24.6 Å². The maximum absolute atomic E-state index is 12.5. The average molecular weight is 258 g/mol. The molecule has 0 unspecified atom stereocenters. The lowest BCUT2D eigenvalue weighted by Gasteiger charge is -2.23. The first-order valence-corrected chi connectivity index (χ1v) is 6.74. The van der Waals surface area contributed by atoms with Crippen molar-refractivity contribution >= 4 is 10.9 Å². The molecular formula is C16H22N2O. The number of benzene rings is 1. The SMILES string of the molecule is CCc1ccc2c(c1)cc(C(C)(C)CN)c(=O)n2C. The molecule has 3 heteroatoms. The zero-order chi connectivity index (χ0) is 14.2. The first-order valence-electron chi connectivity index (χ1n) is 6.74. The third kappa shape index (κ3) is 2.30. The van der Waals surface area contributed by atoms with E-state index < -0.39 is 0 Å². The second-order valence-corrected chi connectivity index (χ2v) is 5.76. The molecule has 0 spiro atoms. The molecule has 0 aliphatic rings. The molecule has 0 aliphatic heterocycles. The van der Waals surface area contributed by atoms with Gasteiger partial charge < -0.3 is 10.3 Å². The van der Waals surface area contributed by atoms with Crippen LogP contribution in [0.5, 0.6) is 0 Å². The van der Waals surface area contributed by atoms with E-state index in [1.54, 1.807) is 4.57 Å². The van der Waals surface area contributed by atoms with E-state index in [1.807, 2.05) is 33.0 Å². The Labute approximate surface area is 114 Å². The highest BCUT2D eigenvalue weighted by Gasteiger charge is 2.23. The van der Waals surface area contributed by atoms with Crippen LogP contribution in [0.1, 0.15) is 31.9 Å². The monoisotopic (exact) mass is 258 g/mol. The fraction of sp³-hybridized carbons (Fsp3) is 0.438. The van der Waals surface area contributed by atoms with Crippen molar-refractivity contribution in [1.82, 2.24) is 4.57 Å². The van der Waals surface area contributed by atoms with E-state index >= 15 is 0 Å². The Morgan fingerprint density at radius 1 is 1.26 bits per heavy atom. The first-order chi connectivity index (χ1) is 8.90. The van der Waals surface area contributed by atoms with Crippen LogP contribution in [-0.4, -0.2) is 11.1 Å². The number of nitrogens with two attached hydrogens (primary N) is 1. The summed E-state index contributed by atoms with van der Waals surface area (Å²) in [4.78, 5) is 12.5. The summed E-state index contributed by atoms with van der Waals surface area (Å²) in [5, 5.41) is 1.11. The van der Waals surface area contributed by atoms with E-state index in [2.05, 4.69) is 19.1 Å². The van der Waals surface area contributed by atoms with Crippen LogP contribution in [0.3, 0.4) is 0 Å². The molecule has 0 bridgehead atoms. The molecule has 0 fully saturated rings. The van der Waals surface area contributed by atoms with Crippen LogP contribution in [-0.2, 0) is 18.9 Å². The molecule has 2 aromatic rings. The third-order valence-electron chi connectivity index (χ3n) is 3.94. The summed E-state index contributed by atoms with van der Waals surface area (Å²) >= 11 is 0. The number of fused-ring (bicyclic) bond motifs is 1. The van der Waals surface area contributed by atoms with E-state index in [1.165, 1.54) is 5.56 Å². The Hall–Kier alpha value is -1.61. The predicted octanol–water partition coefficient (Wildman–Crippen LogP) is 2.34. The molecule has 3 nitrogen and oxygen atoms in total. The number of rotatable bonds is 3. The fourth-order valence-electron chi connectivity index (χ4n) is 2.35. The molecule has 2 rings (SSSR count). The Morgan fingerprint density at radius 2 is 1.95 bits per heavy atom. The topological polar surface area (TPSA) is 48.0 Å². The maximum atomic E-state index is 12.5. The van der Waals surface area contributed by atoms with Crippen LogP contribution >= 0.6 is 0 Å².